The van der Waals surface area contributed by atoms with Crippen molar-refractivity contribution in [2.75, 3.05) is 26.9 Å². The van der Waals surface area contributed by atoms with Crippen molar-refractivity contribution < 1.29 is 28.5 Å². The van der Waals surface area contributed by atoms with E-state index in [9.17, 15) is 9.59 Å². The van der Waals surface area contributed by atoms with Gasteiger partial charge in [-0.3, -0.25) is 4.79 Å². The molecule has 0 radical (unpaired) electrons. The Labute approximate surface area is 155 Å². The second kappa shape index (κ2) is 10.7. The smallest absolute Gasteiger partial charge is 0.408 e. The first-order valence-corrected chi connectivity index (χ1v) is 8.55. The fraction of sp³-hybridized carbons (Fsp3) is 0.824. The minimum atomic E-state index is -0.616. The Morgan fingerprint density at radius 1 is 1.04 bits per heavy atom. The highest BCUT2D eigenvalue weighted by atomic mass is 32.1. The molecule has 0 saturated carbocycles. The average molecular weight is 378 g/mol. The lowest BCUT2D eigenvalue weighted by molar-refractivity contribution is -0.156. The number of methoxy groups -OCH3 is 1. The van der Waals surface area contributed by atoms with Gasteiger partial charge in [0.05, 0.1) is 32.3 Å². The molecule has 0 aromatic heterocycles. The van der Waals surface area contributed by atoms with Crippen LogP contribution in [0.3, 0.4) is 0 Å². The van der Waals surface area contributed by atoms with E-state index in [0.29, 0.717) is 4.86 Å². The molecule has 0 bridgehead atoms. The zero-order chi connectivity index (χ0) is 19.7. The van der Waals surface area contributed by atoms with E-state index in [4.69, 9.17) is 31.2 Å². The summed E-state index contributed by atoms with van der Waals surface area (Å²) in [6.45, 7) is 11.2. The van der Waals surface area contributed by atoms with Gasteiger partial charge in [-0.05, 0) is 41.5 Å². The molecule has 0 aliphatic rings. The quantitative estimate of drug-likeness (QED) is 0.376. The van der Waals surface area contributed by atoms with Gasteiger partial charge >= 0.3 is 12.1 Å². The molecule has 0 aliphatic heterocycles. The van der Waals surface area contributed by atoms with Crippen LogP contribution in [-0.4, -0.2) is 61.1 Å². The lowest BCUT2D eigenvalue weighted by Gasteiger charge is -2.24. The minimum absolute atomic E-state index is 0.115. The Kier molecular flexibility index (Phi) is 10.1. The van der Waals surface area contributed by atoms with E-state index in [2.05, 4.69) is 5.32 Å². The molecule has 0 spiro atoms. The molecule has 0 fully saturated rings. The van der Waals surface area contributed by atoms with Crippen molar-refractivity contribution in [3.63, 3.8) is 0 Å². The molecule has 1 amide bonds. The fourth-order valence-electron chi connectivity index (χ4n) is 1.66. The van der Waals surface area contributed by atoms with Crippen LogP contribution in [0.4, 0.5) is 4.79 Å². The molecule has 0 aliphatic carbocycles. The van der Waals surface area contributed by atoms with E-state index < -0.39 is 23.3 Å². The largest absolute Gasteiger partial charge is 0.460 e. The van der Waals surface area contributed by atoms with Gasteiger partial charge in [-0.1, -0.05) is 12.2 Å². The predicted octanol–water partition coefficient (Wildman–Crippen LogP) is 2.64. The summed E-state index contributed by atoms with van der Waals surface area (Å²) in [7, 11) is 1.51. The summed E-state index contributed by atoms with van der Waals surface area (Å²) in [4.78, 5) is 24.0. The molecule has 0 rings (SSSR count). The molecule has 8 heteroatoms. The molecular formula is C17H31NO6S. The van der Waals surface area contributed by atoms with Crippen molar-refractivity contribution in [2.45, 2.75) is 65.2 Å². The Balaban J connectivity index is 4.44. The van der Waals surface area contributed by atoms with Crippen molar-refractivity contribution in [1.82, 2.24) is 5.32 Å². The number of nitrogens with one attached hydrogen (secondary N) is 1. The Bertz CT molecular complexity index is 453. The summed E-state index contributed by atoms with van der Waals surface area (Å²) in [6.07, 6.45) is -0.473. The van der Waals surface area contributed by atoms with Gasteiger partial charge in [-0.2, -0.15) is 0 Å². The lowest BCUT2D eigenvalue weighted by atomic mass is 10.2. The maximum Gasteiger partial charge on any atom is 0.408 e. The number of hydrogen-bond acceptors (Lipinski definition) is 7. The standard InChI is InChI=1S/C17H31NO6S/c1-16(2,3)23-14(19)8-9-22-10-12(13(25)11-21-7)18-15(20)24-17(4,5)6/h12H,8-11H2,1-7H3,(H,18,20)/t12-/m1/s1. The van der Waals surface area contributed by atoms with Crippen LogP contribution in [0, 0.1) is 0 Å². The third-order valence-corrected chi connectivity index (χ3v) is 2.92. The van der Waals surface area contributed by atoms with Crippen molar-refractivity contribution >= 4 is 29.1 Å². The van der Waals surface area contributed by atoms with Crippen LogP contribution in [0.15, 0.2) is 0 Å². The summed E-state index contributed by atoms with van der Waals surface area (Å²) >= 11 is 5.24. The van der Waals surface area contributed by atoms with Crippen molar-refractivity contribution in [3.05, 3.63) is 0 Å². The molecule has 1 atom stereocenters. The molecule has 7 nitrogen and oxygen atoms in total. The number of esters is 1. The summed E-state index contributed by atoms with van der Waals surface area (Å²) in [5.74, 6) is -0.344. The SMILES string of the molecule is COCC(=S)[C@@H](COCCC(=O)OC(C)(C)C)NC(=O)OC(C)(C)C. The van der Waals surface area contributed by atoms with Crippen LogP contribution in [0.1, 0.15) is 48.0 Å². The number of carbonyl (C=O) groups is 2. The van der Waals surface area contributed by atoms with Gasteiger partial charge in [-0.15, -0.1) is 0 Å². The Morgan fingerprint density at radius 3 is 2.08 bits per heavy atom. The van der Waals surface area contributed by atoms with Crippen LogP contribution in [-0.2, 0) is 23.7 Å². The van der Waals surface area contributed by atoms with Crippen LogP contribution >= 0.6 is 12.2 Å². The normalized spacial score (nSPS) is 13.1. The molecule has 0 unspecified atom stereocenters. The van der Waals surface area contributed by atoms with E-state index in [0.717, 1.165) is 0 Å². The first kappa shape index (κ1) is 23.8. The van der Waals surface area contributed by atoms with E-state index in [1.165, 1.54) is 7.11 Å². The summed E-state index contributed by atoms with van der Waals surface area (Å²) in [5, 5.41) is 2.66. The average Bonchev–Trinajstić information content (AvgIpc) is 2.38. The van der Waals surface area contributed by atoms with Crippen LogP contribution in [0.5, 0.6) is 0 Å². The highest BCUT2D eigenvalue weighted by Gasteiger charge is 2.22. The summed E-state index contributed by atoms with van der Waals surface area (Å²) in [5.41, 5.74) is -1.15. The molecule has 25 heavy (non-hydrogen) atoms. The van der Waals surface area contributed by atoms with Gasteiger partial charge in [0.15, 0.2) is 0 Å². The number of rotatable bonds is 9. The van der Waals surface area contributed by atoms with E-state index in [-0.39, 0.29) is 32.2 Å². The zero-order valence-corrected chi connectivity index (χ0v) is 17.1. The highest BCUT2D eigenvalue weighted by Crippen LogP contribution is 2.09. The van der Waals surface area contributed by atoms with Gasteiger partial charge in [0.1, 0.15) is 11.2 Å². The summed E-state index contributed by atoms with van der Waals surface area (Å²) in [6, 6.07) is -0.552. The third kappa shape index (κ3) is 13.7. The topological polar surface area (TPSA) is 83.1 Å². The number of alkyl carbamates (subject to hydrolysis) is 1. The maximum absolute atomic E-state index is 11.9. The molecular weight excluding hydrogens is 346 g/mol. The minimum Gasteiger partial charge on any atom is -0.460 e. The third-order valence-electron chi connectivity index (χ3n) is 2.52. The number of ether oxygens (including phenoxy) is 4. The molecule has 0 aromatic carbocycles. The fourth-order valence-corrected chi connectivity index (χ4v) is 1.90. The van der Waals surface area contributed by atoms with E-state index in [1.807, 2.05) is 0 Å². The maximum atomic E-state index is 11.9. The second-order valence-electron chi connectivity index (χ2n) is 7.51. The molecule has 0 aromatic rings. The Morgan fingerprint density at radius 2 is 1.60 bits per heavy atom. The second-order valence-corrected chi connectivity index (χ2v) is 8.03. The number of hydrogen-bond donors (Lipinski definition) is 1. The summed E-state index contributed by atoms with van der Waals surface area (Å²) < 4.78 is 20.9. The predicted molar refractivity (Wildman–Crippen MR) is 98.9 cm³/mol. The molecule has 0 saturated heterocycles. The van der Waals surface area contributed by atoms with Crippen molar-refractivity contribution in [2.24, 2.45) is 0 Å². The molecule has 146 valence electrons. The van der Waals surface area contributed by atoms with Gasteiger partial charge in [-0.25, -0.2) is 4.79 Å². The van der Waals surface area contributed by atoms with Gasteiger partial charge in [0.2, 0.25) is 0 Å². The molecule has 1 N–H and O–H groups in total. The van der Waals surface area contributed by atoms with Crippen molar-refractivity contribution in [3.8, 4) is 0 Å². The van der Waals surface area contributed by atoms with Gasteiger partial charge in [0, 0.05) is 12.0 Å². The van der Waals surface area contributed by atoms with E-state index in [1.54, 1.807) is 41.5 Å². The first-order chi connectivity index (χ1) is 11.3. The zero-order valence-electron chi connectivity index (χ0n) is 16.3. The first-order valence-electron chi connectivity index (χ1n) is 8.15. The number of carbonyl (C=O) groups excluding carboxylic acids is 2. The lowest BCUT2D eigenvalue weighted by Crippen LogP contribution is -2.46. The Hall–Kier alpha value is -1.25. The van der Waals surface area contributed by atoms with Gasteiger partial charge < -0.3 is 24.3 Å². The van der Waals surface area contributed by atoms with E-state index >= 15 is 0 Å². The van der Waals surface area contributed by atoms with Crippen LogP contribution in [0.2, 0.25) is 0 Å². The molecule has 0 heterocycles. The monoisotopic (exact) mass is 377 g/mol. The van der Waals surface area contributed by atoms with Crippen LogP contribution < -0.4 is 5.32 Å². The number of thiocarbonyl (C=S) groups is 1. The highest BCUT2D eigenvalue weighted by molar-refractivity contribution is 7.80. The van der Waals surface area contributed by atoms with Crippen molar-refractivity contribution in [1.29, 1.82) is 0 Å². The van der Waals surface area contributed by atoms with Gasteiger partial charge in [0.25, 0.3) is 0 Å². The number of amides is 1. The van der Waals surface area contributed by atoms with Crippen LogP contribution in [0.25, 0.3) is 0 Å².